The van der Waals surface area contributed by atoms with E-state index in [1.54, 1.807) is 6.07 Å². The summed E-state index contributed by atoms with van der Waals surface area (Å²) in [5, 5.41) is 10.4. The van der Waals surface area contributed by atoms with Crippen LogP contribution in [0.1, 0.15) is 25.0 Å². The molecule has 1 rings (SSSR count). The summed E-state index contributed by atoms with van der Waals surface area (Å²) in [6.45, 7) is 2.96. The fraction of sp³-hybridized carbons (Fsp3) is 0.455. The zero-order valence-corrected chi connectivity index (χ0v) is 10.9. The van der Waals surface area contributed by atoms with E-state index in [0.717, 1.165) is 10.9 Å². The predicted molar refractivity (Wildman–Crippen MR) is 65.2 cm³/mol. The Kier molecular flexibility index (Phi) is 5.61. The molecule has 0 amide bonds. The highest BCUT2D eigenvalue weighted by Gasteiger charge is 2.11. The smallest absolute Gasteiger partial charge is 0.104 e. The maximum Gasteiger partial charge on any atom is 0.104 e. The number of aliphatic hydroxyl groups is 1. The third-order valence-electron chi connectivity index (χ3n) is 1.94. The molecule has 0 aromatic heterocycles. The van der Waals surface area contributed by atoms with E-state index >= 15 is 0 Å². The number of hydrogen-bond acceptors (Lipinski definition) is 2. The van der Waals surface area contributed by atoms with E-state index in [4.69, 9.17) is 16.3 Å². The minimum atomic E-state index is -0.665. The third-order valence-corrected chi connectivity index (χ3v) is 2.78. The maximum absolute atomic E-state index is 9.82. The Morgan fingerprint density at radius 2 is 2.27 bits per heavy atom. The van der Waals surface area contributed by atoms with Crippen LogP contribution in [0.5, 0.6) is 0 Å². The summed E-state index contributed by atoms with van der Waals surface area (Å²) in [5.41, 5.74) is 0.696. The van der Waals surface area contributed by atoms with Crippen molar-refractivity contribution in [3.05, 3.63) is 33.3 Å². The molecule has 0 saturated carbocycles. The molecule has 0 spiro atoms. The summed E-state index contributed by atoms with van der Waals surface area (Å²) >= 11 is 9.30. The molecule has 84 valence electrons. The van der Waals surface area contributed by atoms with Gasteiger partial charge in [-0.25, -0.2) is 0 Å². The van der Waals surface area contributed by atoms with Crippen molar-refractivity contribution in [2.75, 3.05) is 13.2 Å². The van der Waals surface area contributed by atoms with Crippen LogP contribution in [0.15, 0.2) is 22.7 Å². The zero-order chi connectivity index (χ0) is 11.3. The highest BCUT2D eigenvalue weighted by Crippen LogP contribution is 2.26. The molecule has 0 aliphatic rings. The van der Waals surface area contributed by atoms with E-state index in [1.165, 1.54) is 0 Å². The Balaban J connectivity index is 2.64. The molecule has 0 radical (unpaired) electrons. The van der Waals surface area contributed by atoms with Crippen molar-refractivity contribution >= 4 is 27.5 Å². The molecular weight excluding hydrogens is 279 g/mol. The van der Waals surface area contributed by atoms with Crippen LogP contribution in [-0.2, 0) is 4.74 Å². The molecule has 4 heteroatoms. The van der Waals surface area contributed by atoms with Crippen LogP contribution in [0.3, 0.4) is 0 Å². The van der Waals surface area contributed by atoms with E-state index in [0.29, 0.717) is 17.2 Å². The molecule has 0 aliphatic heterocycles. The van der Waals surface area contributed by atoms with Crippen molar-refractivity contribution in [3.63, 3.8) is 0 Å². The van der Waals surface area contributed by atoms with Gasteiger partial charge >= 0.3 is 0 Å². The Labute approximate surface area is 103 Å². The van der Waals surface area contributed by atoms with Crippen molar-refractivity contribution in [3.8, 4) is 0 Å². The van der Waals surface area contributed by atoms with Crippen LogP contribution < -0.4 is 0 Å². The highest BCUT2D eigenvalue weighted by molar-refractivity contribution is 9.10. The monoisotopic (exact) mass is 292 g/mol. The Hall–Kier alpha value is -0.0900. The summed E-state index contributed by atoms with van der Waals surface area (Å²) in [4.78, 5) is 0. The second-order valence-corrected chi connectivity index (χ2v) is 4.58. The lowest BCUT2D eigenvalue weighted by Gasteiger charge is -2.13. The number of hydrogen-bond donors (Lipinski definition) is 1. The minimum Gasteiger partial charge on any atom is -0.386 e. The van der Waals surface area contributed by atoms with Crippen molar-refractivity contribution in [2.24, 2.45) is 0 Å². The molecule has 15 heavy (non-hydrogen) atoms. The summed E-state index contributed by atoms with van der Waals surface area (Å²) in [6, 6.07) is 5.40. The lowest BCUT2D eigenvalue weighted by Crippen LogP contribution is -2.08. The first-order valence-corrected chi connectivity index (χ1v) is 6.03. The first-order chi connectivity index (χ1) is 7.15. The van der Waals surface area contributed by atoms with E-state index in [2.05, 4.69) is 15.9 Å². The van der Waals surface area contributed by atoms with E-state index < -0.39 is 6.10 Å². The van der Waals surface area contributed by atoms with E-state index in [9.17, 15) is 5.11 Å². The molecule has 2 nitrogen and oxygen atoms in total. The van der Waals surface area contributed by atoms with Crippen molar-refractivity contribution in [1.82, 2.24) is 0 Å². The van der Waals surface area contributed by atoms with Gasteiger partial charge in [-0.3, -0.25) is 0 Å². The van der Waals surface area contributed by atoms with Crippen molar-refractivity contribution in [1.29, 1.82) is 0 Å². The molecule has 1 atom stereocenters. The largest absolute Gasteiger partial charge is 0.386 e. The molecular formula is C11H14BrClO2. The number of benzene rings is 1. The van der Waals surface area contributed by atoms with Gasteiger partial charge < -0.3 is 9.84 Å². The maximum atomic E-state index is 9.82. The van der Waals surface area contributed by atoms with Crippen LogP contribution in [0.25, 0.3) is 0 Å². The van der Waals surface area contributed by atoms with E-state index in [1.807, 2.05) is 19.1 Å². The predicted octanol–water partition coefficient (Wildman–Crippen LogP) is 3.56. The lowest BCUT2D eigenvalue weighted by atomic mass is 10.1. The number of ether oxygens (including phenoxy) is 1. The van der Waals surface area contributed by atoms with Crippen LogP contribution >= 0.6 is 27.5 Å². The van der Waals surface area contributed by atoms with Gasteiger partial charge in [0.1, 0.15) is 6.10 Å². The third kappa shape index (κ3) is 4.11. The molecule has 1 aromatic carbocycles. The quantitative estimate of drug-likeness (QED) is 0.841. The van der Waals surface area contributed by atoms with Gasteiger partial charge in [-0.15, -0.1) is 0 Å². The fourth-order valence-corrected chi connectivity index (χ4v) is 1.82. The van der Waals surface area contributed by atoms with Crippen LogP contribution in [-0.4, -0.2) is 18.3 Å². The van der Waals surface area contributed by atoms with E-state index in [-0.39, 0.29) is 6.61 Å². The first-order valence-electron chi connectivity index (χ1n) is 4.86. The molecule has 0 bridgehead atoms. The summed E-state index contributed by atoms with van der Waals surface area (Å²) < 4.78 is 6.17. The summed E-state index contributed by atoms with van der Waals surface area (Å²) in [6.07, 6.45) is 0.278. The molecule has 1 N–H and O–H groups in total. The SMILES string of the molecule is CCCOCC(O)c1cc(Br)ccc1Cl. The molecule has 0 aliphatic carbocycles. The van der Waals surface area contributed by atoms with Gasteiger partial charge in [0.05, 0.1) is 6.61 Å². The average Bonchev–Trinajstić information content (AvgIpc) is 2.22. The number of aliphatic hydroxyl groups excluding tert-OH is 1. The Morgan fingerprint density at radius 1 is 1.53 bits per heavy atom. The Bertz CT molecular complexity index is 317. The van der Waals surface area contributed by atoms with Gasteiger partial charge in [-0.1, -0.05) is 34.5 Å². The lowest BCUT2D eigenvalue weighted by molar-refractivity contribution is 0.0364. The second kappa shape index (κ2) is 6.48. The Morgan fingerprint density at radius 3 is 2.93 bits per heavy atom. The first kappa shape index (κ1) is 13.0. The molecule has 0 fully saturated rings. The zero-order valence-electron chi connectivity index (χ0n) is 8.54. The fourth-order valence-electron chi connectivity index (χ4n) is 1.20. The molecule has 0 saturated heterocycles. The number of halogens is 2. The molecule has 0 heterocycles. The van der Waals surface area contributed by atoms with Gasteiger partial charge in [0, 0.05) is 21.7 Å². The topological polar surface area (TPSA) is 29.5 Å². The van der Waals surface area contributed by atoms with Crippen molar-refractivity contribution in [2.45, 2.75) is 19.4 Å². The second-order valence-electron chi connectivity index (χ2n) is 3.26. The molecule has 1 aromatic rings. The number of rotatable bonds is 5. The van der Waals surface area contributed by atoms with Gasteiger partial charge in [-0.05, 0) is 24.6 Å². The summed E-state index contributed by atoms with van der Waals surface area (Å²) in [5.74, 6) is 0. The highest BCUT2D eigenvalue weighted by atomic mass is 79.9. The van der Waals surface area contributed by atoms with Crippen LogP contribution in [0.2, 0.25) is 5.02 Å². The molecule has 1 unspecified atom stereocenters. The summed E-state index contributed by atoms with van der Waals surface area (Å²) in [7, 11) is 0. The normalized spacial score (nSPS) is 12.8. The van der Waals surface area contributed by atoms with Gasteiger partial charge in [0.15, 0.2) is 0 Å². The van der Waals surface area contributed by atoms with Gasteiger partial charge in [0.2, 0.25) is 0 Å². The average molecular weight is 294 g/mol. The van der Waals surface area contributed by atoms with Gasteiger partial charge in [0.25, 0.3) is 0 Å². The van der Waals surface area contributed by atoms with Crippen molar-refractivity contribution < 1.29 is 9.84 Å². The minimum absolute atomic E-state index is 0.282. The van der Waals surface area contributed by atoms with Gasteiger partial charge in [-0.2, -0.15) is 0 Å². The van der Waals surface area contributed by atoms with Crippen LogP contribution in [0.4, 0.5) is 0 Å². The van der Waals surface area contributed by atoms with Crippen LogP contribution in [0, 0.1) is 0 Å². The standard InChI is InChI=1S/C11H14BrClO2/c1-2-5-15-7-11(14)9-6-8(12)3-4-10(9)13/h3-4,6,11,14H,2,5,7H2,1H3.